The fourth-order valence-corrected chi connectivity index (χ4v) is 7.57. The molecule has 4 aromatic rings. The van der Waals surface area contributed by atoms with Crippen LogP contribution in [0.25, 0.3) is 32.2 Å². The highest BCUT2D eigenvalue weighted by Crippen LogP contribution is 2.46. The number of hydrogen-bond donors (Lipinski definition) is 2. The van der Waals surface area contributed by atoms with Gasteiger partial charge in [0, 0.05) is 43.1 Å². The molecule has 234 valence electrons. The first-order valence-electron chi connectivity index (χ1n) is 14.3. The third kappa shape index (κ3) is 4.98. The van der Waals surface area contributed by atoms with E-state index in [1.165, 1.54) is 0 Å². The normalized spacial score (nSPS) is 25.8. The average molecular weight is 639 g/mol. The Morgan fingerprint density at radius 1 is 1.18 bits per heavy atom. The molecule has 8 nitrogen and oxygen atoms in total. The third-order valence-corrected chi connectivity index (χ3v) is 9.67. The topological polar surface area (TPSA) is 98.4 Å². The van der Waals surface area contributed by atoms with Crippen LogP contribution in [0.2, 0.25) is 0 Å². The maximum absolute atomic E-state index is 16.6. The van der Waals surface area contributed by atoms with Gasteiger partial charge in [0.25, 0.3) is 0 Å². The highest BCUT2D eigenvalue weighted by atomic mass is 32.1. The Kier molecular flexibility index (Phi) is 7.05. The maximum atomic E-state index is 16.6. The summed E-state index contributed by atoms with van der Waals surface area (Å²) in [4.78, 5) is 14.6. The molecular weight excluding hydrogens is 610 g/mol. The van der Waals surface area contributed by atoms with Gasteiger partial charge in [0.1, 0.15) is 30.2 Å². The van der Waals surface area contributed by atoms with Crippen LogP contribution in [0.15, 0.2) is 18.2 Å². The first kappa shape index (κ1) is 29.3. The number of nitrogens with zero attached hydrogens (tertiary/aromatic N) is 4. The number of nitrogens with one attached hydrogen (secondary N) is 1. The van der Waals surface area contributed by atoms with Gasteiger partial charge in [-0.15, -0.1) is 0 Å². The number of rotatable bonds is 6. The average Bonchev–Trinajstić information content (AvgIpc) is 3.71. The number of hydrogen-bond acceptors (Lipinski definition) is 9. The van der Waals surface area contributed by atoms with Crippen LogP contribution in [0.1, 0.15) is 38.2 Å². The molecule has 3 N–H and O–H groups in total. The van der Waals surface area contributed by atoms with E-state index in [4.69, 9.17) is 15.2 Å². The Morgan fingerprint density at radius 2 is 2.00 bits per heavy atom. The third-order valence-electron chi connectivity index (χ3n) is 8.78. The van der Waals surface area contributed by atoms with Crippen LogP contribution in [0.3, 0.4) is 0 Å². The molecule has 3 fully saturated rings. The van der Waals surface area contributed by atoms with E-state index in [0.29, 0.717) is 19.4 Å². The number of aromatic nitrogens is 3. The summed E-state index contributed by atoms with van der Waals surface area (Å²) in [5, 5.41) is 2.82. The molecule has 3 aliphatic heterocycles. The lowest BCUT2D eigenvalue weighted by molar-refractivity contribution is -0.137. The van der Waals surface area contributed by atoms with Crippen molar-refractivity contribution in [3.05, 3.63) is 35.4 Å². The molecule has 3 aliphatic rings. The second-order valence-electron chi connectivity index (χ2n) is 11.8. The number of fused-ring (bicyclic) bond motifs is 3. The summed E-state index contributed by atoms with van der Waals surface area (Å²) in [6.07, 6.45) is -4.13. The minimum absolute atomic E-state index is 0.0200. The molecule has 44 heavy (non-hydrogen) atoms. The van der Waals surface area contributed by atoms with Gasteiger partial charge in [-0.25, -0.2) is 18.2 Å². The number of benzene rings is 2. The Morgan fingerprint density at radius 3 is 2.75 bits per heavy atom. The lowest BCUT2D eigenvalue weighted by atomic mass is 9.95. The largest absolute Gasteiger partial charge is 0.472 e. The summed E-state index contributed by atoms with van der Waals surface area (Å²) >= 11 is 0.745. The number of anilines is 1. The van der Waals surface area contributed by atoms with Gasteiger partial charge in [-0.1, -0.05) is 11.3 Å². The molecule has 2 aromatic carbocycles. The Balaban J connectivity index is 1.40. The highest BCUT2D eigenvalue weighted by molar-refractivity contribution is 7.22. The Labute approximate surface area is 251 Å². The first-order valence-corrected chi connectivity index (χ1v) is 15.1. The van der Waals surface area contributed by atoms with Gasteiger partial charge < -0.3 is 20.5 Å². The summed E-state index contributed by atoms with van der Waals surface area (Å²) < 4.78 is 101. The standard InChI is InChI=1S/C29H28F6N6O2S/c1-13-7-15(10-37-13)43-25-17-8-18(29(33,34)35)20(16-3-4-19(31)24-23(16)38-26(36)44-24)21(32)22(17)39-27(40-25)42-12-28-5-2-6-41(28)11-14(30)9-28/h3-4,8,13-15,37H,2,5-7,9-12H2,1H3,(H2,36,38)/t13-,14-,15-,28?/m1/s1. The Bertz CT molecular complexity index is 1770. The minimum atomic E-state index is -5.03. The second-order valence-corrected chi connectivity index (χ2v) is 12.8. The van der Waals surface area contributed by atoms with Crippen molar-refractivity contribution in [1.82, 2.24) is 25.2 Å². The molecule has 0 saturated carbocycles. The highest BCUT2D eigenvalue weighted by Gasteiger charge is 2.49. The summed E-state index contributed by atoms with van der Waals surface area (Å²) in [6.45, 7) is 3.37. The van der Waals surface area contributed by atoms with Gasteiger partial charge in [0.05, 0.1) is 26.7 Å². The molecule has 1 unspecified atom stereocenters. The number of nitrogen functional groups attached to an aromatic ring is 1. The molecule has 0 spiro atoms. The predicted molar refractivity (Wildman–Crippen MR) is 153 cm³/mol. The van der Waals surface area contributed by atoms with Gasteiger partial charge in [0.2, 0.25) is 5.88 Å². The van der Waals surface area contributed by atoms with Crippen LogP contribution in [0, 0.1) is 11.6 Å². The molecular formula is C29H28F6N6O2S. The number of thiazole rings is 1. The van der Waals surface area contributed by atoms with Crippen molar-refractivity contribution in [2.75, 3.05) is 32.0 Å². The molecule has 0 amide bonds. The SMILES string of the molecule is C[C@@H]1C[C@@H](Oc2nc(OCC34CCCN3C[C@H](F)C4)nc3c(F)c(-c4ccc(F)c5sc(N)nc45)c(C(F)(F)F)cc23)CN1. The van der Waals surface area contributed by atoms with E-state index in [2.05, 4.69) is 20.3 Å². The van der Waals surface area contributed by atoms with Gasteiger partial charge in [-0.05, 0) is 44.5 Å². The number of nitrogens with two attached hydrogens (primary N) is 1. The quantitative estimate of drug-likeness (QED) is 0.253. The lowest BCUT2D eigenvalue weighted by Gasteiger charge is -2.30. The van der Waals surface area contributed by atoms with Crippen molar-refractivity contribution < 1.29 is 35.8 Å². The second kappa shape index (κ2) is 10.6. The van der Waals surface area contributed by atoms with Crippen molar-refractivity contribution >= 4 is 37.6 Å². The lowest BCUT2D eigenvalue weighted by Crippen LogP contribution is -2.43. The molecule has 5 heterocycles. The minimum Gasteiger partial charge on any atom is -0.472 e. The molecule has 4 atom stereocenters. The Hall–Kier alpha value is -3.43. The summed E-state index contributed by atoms with van der Waals surface area (Å²) in [5.41, 5.74) is 2.03. The first-order chi connectivity index (χ1) is 20.9. The number of halogens is 6. The number of ether oxygens (including phenoxy) is 2. The molecule has 0 aliphatic carbocycles. The van der Waals surface area contributed by atoms with Crippen molar-refractivity contribution in [2.45, 2.75) is 62.6 Å². The van der Waals surface area contributed by atoms with E-state index in [0.717, 1.165) is 42.5 Å². The van der Waals surface area contributed by atoms with E-state index in [-0.39, 0.29) is 63.8 Å². The van der Waals surface area contributed by atoms with E-state index in [1.807, 2.05) is 11.8 Å². The fourth-order valence-electron chi connectivity index (χ4n) is 6.80. The fraction of sp³-hybridized carbons (Fsp3) is 0.483. The van der Waals surface area contributed by atoms with Gasteiger partial charge in [0.15, 0.2) is 10.9 Å². The molecule has 15 heteroatoms. The monoisotopic (exact) mass is 638 g/mol. The van der Waals surface area contributed by atoms with Gasteiger partial charge in [-0.3, -0.25) is 4.90 Å². The van der Waals surface area contributed by atoms with Crippen LogP contribution >= 0.6 is 11.3 Å². The van der Waals surface area contributed by atoms with E-state index in [1.54, 1.807) is 0 Å². The van der Waals surface area contributed by atoms with E-state index in [9.17, 15) is 22.0 Å². The summed E-state index contributed by atoms with van der Waals surface area (Å²) in [5.74, 6) is -2.34. The molecule has 7 rings (SSSR count). The maximum Gasteiger partial charge on any atom is 0.417 e. The van der Waals surface area contributed by atoms with Crippen LogP contribution in [-0.2, 0) is 6.18 Å². The zero-order chi connectivity index (χ0) is 31.0. The van der Waals surface area contributed by atoms with Crippen molar-refractivity contribution in [1.29, 1.82) is 0 Å². The molecule has 3 saturated heterocycles. The van der Waals surface area contributed by atoms with Crippen molar-refractivity contribution in [3.63, 3.8) is 0 Å². The number of alkyl halides is 4. The molecule has 0 bridgehead atoms. The van der Waals surface area contributed by atoms with Crippen LogP contribution in [-0.4, -0.2) is 69.9 Å². The van der Waals surface area contributed by atoms with Crippen molar-refractivity contribution in [2.24, 2.45) is 0 Å². The van der Waals surface area contributed by atoms with Crippen LogP contribution in [0.4, 0.5) is 31.5 Å². The zero-order valence-electron chi connectivity index (χ0n) is 23.5. The predicted octanol–water partition coefficient (Wildman–Crippen LogP) is 5.87. The molecule has 0 radical (unpaired) electrons. The summed E-state index contributed by atoms with van der Waals surface area (Å²) in [6, 6.07) is 2.52. The zero-order valence-corrected chi connectivity index (χ0v) is 24.3. The smallest absolute Gasteiger partial charge is 0.417 e. The van der Waals surface area contributed by atoms with Gasteiger partial charge >= 0.3 is 12.2 Å². The van der Waals surface area contributed by atoms with Crippen LogP contribution in [0.5, 0.6) is 11.9 Å². The van der Waals surface area contributed by atoms with Crippen molar-refractivity contribution in [3.8, 4) is 23.0 Å². The summed E-state index contributed by atoms with van der Waals surface area (Å²) in [7, 11) is 0. The molecule has 2 aromatic heterocycles. The van der Waals surface area contributed by atoms with E-state index < -0.39 is 52.3 Å². The van der Waals surface area contributed by atoms with Crippen LogP contribution < -0.4 is 20.5 Å². The van der Waals surface area contributed by atoms with E-state index >= 15 is 4.39 Å². The van der Waals surface area contributed by atoms with Gasteiger partial charge in [-0.2, -0.15) is 23.1 Å².